The maximum Gasteiger partial charge on any atom is 0.349 e. The van der Waals surface area contributed by atoms with Crippen LogP contribution in [0.4, 0.5) is 0 Å². The second kappa shape index (κ2) is 3.96. The minimum absolute atomic E-state index is 0.526. The minimum Gasteiger partial charge on any atom is -0.478 e. The van der Waals surface area contributed by atoms with Gasteiger partial charge in [-0.15, -0.1) is 0 Å². The van der Waals surface area contributed by atoms with E-state index in [4.69, 9.17) is 9.84 Å². The first-order valence-corrected chi connectivity index (χ1v) is 4.46. The third-order valence-corrected chi connectivity index (χ3v) is 1.98. The SMILES string of the molecule is O=C(O)C1C=CN=Cc2ccccc2O1. The average Bonchev–Trinajstić information content (AvgIpc) is 2.18. The van der Waals surface area contributed by atoms with Crippen LogP contribution in [0.1, 0.15) is 5.56 Å². The van der Waals surface area contributed by atoms with E-state index in [0.29, 0.717) is 5.75 Å². The van der Waals surface area contributed by atoms with Crippen LogP contribution in [-0.2, 0) is 4.79 Å². The monoisotopic (exact) mass is 203 g/mol. The molecule has 0 saturated carbocycles. The zero-order valence-electron chi connectivity index (χ0n) is 7.83. The first-order valence-electron chi connectivity index (χ1n) is 4.46. The van der Waals surface area contributed by atoms with Gasteiger partial charge in [0, 0.05) is 18.0 Å². The molecular formula is C11H9NO3. The number of rotatable bonds is 1. The number of aliphatic carboxylic acids is 1. The highest BCUT2D eigenvalue weighted by Crippen LogP contribution is 2.19. The van der Waals surface area contributed by atoms with Crippen LogP contribution in [0.25, 0.3) is 0 Å². The Kier molecular flexibility index (Phi) is 2.49. The molecule has 0 aliphatic carbocycles. The summed E-state index contributed by atoms with van der Waals surface area (Å²) in [7, 11) is 0. The van der Waals surface area contributed by atoms with Crippen molar-refractivity contribution < 1.29 is 14.6 Å². The maximum absolute atomic E-state index is 10.8. The van der Waals surface area contributed by atoms with Crippen molar-refractivity contribution in [3.8, 4) is 5.75 Å². The van der Waals surface area contributed by atoms with Gasteiger partial charge in [0.15, 0.2) is 0 Å². The van der Waals surface area contributed by atoms with Gasteiger partial charge in [-0.05, 0) is 18.2 Å². The highest BCUT2D eigenvalue weighted by atomic mass is 16.5. The van der Waals surface area contributed by atoms with Crippen LogP contribution >= 0.6 is 0 Å². The van der Waals surface area contributed by atoms with E-state index in [1.807, 2.05) is 12.1 Å². The molecule has 1 aliphatic rings. The lowest BCUT2D eigenvalue weighted by atomic mass is 10.2. The number of carbonyl (C=O) groups is 1. The zero-order chi connectivity index (χ0) is 10.7. The predicted molar refractivity (Wildman–Crippen MR) is 55.2 cm³/mol. The van der Waals surface area contributed by atoms with Crippen molar-refractivity contribution >= 4 is 12.2 Å². The number of fused-ring (bicyclic) bond motifs is 1. The summed E-state index contributed by atoms with van der Waals surface area (Å²) in [5, 5.41) is 8.85. The second-order valence-electron chi connectivity index (χ2n) is 3.03. The Morgan fingerprint density at radius 2 is 2.20 bits per heavy atom. The van der Waals surface area contributed by atoms with Crippen molar-refractivity contribution in [3.05, 3.63) is 42.1 Å². The summed E-state index contributed by atoms with van der Waals surface area (Å²) in [6.07, 6.45) is 3.47. The number of hydrogen-bond donors (Lipinski definition) is 1. The number of benzene rings is 1. The Labute approximate surface area is 86.5 Å². The van der Waals surface area contributed by atoms with Crippen molar-refractivity contribution in [3.63, 3.8) is 0 Å². The molecule has 1 heterocycles. The van der Waals surface area contributed by atoms with E-state index in [-0.39, 0.29) is 0 Å². The first kappa shape index (κ1) is 9.45. The third-order valence-electron chi connectivity index (χ3n) is 1.98. The summed E-state index contributed by atoms with van der Waals surface area (Å²) in [6, 6.07) is 7.17. The molecule has 1 aliphatic heterocycles. The Morgan fingerprint density at radius 3 is 3.00 bits per heavy atom. The first-order chi connectivity index (χ1) is 7.27. The fraction of sp³-hybridized carbons (Fsp3) is 0.0909. The number of nitrogens with zero attached hydrogens (tertiary/aromatic N) is 1. The molecule has 4 nitrogen and oxygen atoms in total. The molecule has 1 aromatic carbocycles. The zero-order valence-corrected chi connectivity index (χ0v) is 7.83. The molecular weight excluding hydrogens is 194 g/mol. The molecule has 0 amide bonds. The molecule has 0 saturated heterocycles. The number of carboxylic acid groups (broad SMARTS) is 1. The van der Waals surface area contributed by atoms with Gasteiger partial charge in [0.1, 0.15) is 5.75 Å². The summed E-state index contributed by atoms with van der Waals surface area (Å²) in [5.41, 5.74) is 0.771. The van der Waals surface area contributed by atoms with Gasteiger partial charge < -0.3 is 9.84 Å². The molecule has 0 spiro atoms. The van der Waals surface area contributed by atoms with Gasteiger partial charge >= 0.3 is 5.97 Å². The van der Waals surface area contributed by atoms with Crippen molar-refractivity contribution in [1.82, 2.24) is 0 Å². The maximum atomic E-state index is 10.8. The molecule has 0 radical (unpaired) electrons. The van der Waals surface area contributed by atoms with Gasteiger partial charge in [-0.1, -0.05) is 12.1 Å². The molecule has 76 valence electrons. The van der Waals surface area contributed by atoms with Crippen LogP contribution in [0.2, 0.25) is 0 Å². The summed E-state index contributed by atoms with van der Waals surface area (Å²) in [5.74, 6) is -0.504. The van der Waals surface area contributed by atoms with Gasteiger partial charge in [0.2, 0.25) is 6.10 Å². The van der Waals surface area contributed by atoms with Crippen molar-refractivity contribution in [2.45, 2.75) is 6.10 Å². The van der Waals surface area contributed by atoms with Crippen LogP contribution in [0.5, 0.6) is 5.75 Å². The summed E-state index contributed by atoms with van der Waals surface area (Å²) in [4.78, 5) is 14.8. The molecule has 1 N–H and O–H groups in total. The second-order valence-corrected chi connectivity index (χ2v) is 3.03. The molecule has 0 bridgehead atoms. The van der Waals surface area contributed by atoms with E-state index in [1.165, 1.54) is 12.3 Å². The number of aliphatic imine (C=N–C) groups is 1. The van der Waals surface area contributed by atoms with E-state index in [2.05, 4.69) is 4.99 Å². The smallest absolute Gasteiger partial charge is 0.349 e. The minimum atomic E-state index is -1.03. The number of para-hydroxylation sites is 1. The lowest BCUT2D eigenvalue weighted by Crippen LogP contribution is -2.25. The van der Waals surface area contributed by atoms with E-state index in [9.17, 15) is 4.79 Å². The van der Waals surface area contributed by atoms with Crippen LogP contribution in [-0.4, -0.2) is 23.4 Å². The van der Waals surface area contributed by atoms with Crippen molar-refractivity contribution in [1.29, 1.82) is 0 Å². The van der Waals surface area contributed by atoms with E-state index >= 15 is 0 Å². The summed E-state index contributed by atoms with van der Waals surface area (Å²) < 4.78 is 5.32. The summed E-state index contributed by atoms with van der Waals surface area (Å²) >= 11 is 0. The predicted octanol–water partition coefficient (Wildman–Crippen LogP) is 1.46. The molecule has 15 heavy (non-hydrogen) atoms. The summed E-state index contributed by atoms with van der Waals surface area (Å²) in [6.45, 7) is 0. The molecule has 2 rings (SSSR count). The van der Waals surface area contributed by atoms with Gasteiger partial charge in [-0.3, -0.25) is 4.99 Å². The highest BCUT2D eigenvalue weighted by Gasteiger charge is 2.17. The molecule has 1 aromatic rings. The van der Waals surface area contributed by atoms with Crippen LogP contribution in [0, 0.1) is 0 Å². The molecule has 0 aromatic heterocycles. The average molecular weight is 203 g/mol. The largest absolute Gasteiger partial charge is 0.478 e. The van der Waals surface area contributed by atoms with Crippen LogP contribution in [0.3, 0.4) is 0 Å². The van der Waals surface area contributed by atoms with E-state index in [0.717, 1.165) is 5.56 Å². The van der Waals surface area contributed by atoms with Gasteiger partial charge in [-0.2, -0.15) is 0 Å². The molecule has 1 unspecified atom stereocenters. The number of ether oxygens (including phenoxy) is 1. The molecule has 1 atom stereocenters. The van der Waals surface area contributed by atoms with Gasteiger partial charge in [-0.25, -0.2) is 4.79 Å². The van der Waals surface area contributed by atoms with Crippen molar-refractivity contribution in [2.24, 2.45) is 4.99 Å². The molecule has 0 fully saturated rings. The Hall–Kier alpha value is -2.10. The standard InChI is InChI=1S/C11H9NO3/c13-11(14)10-5-6-12-7-8-3-1-2-4-9(8)15-10/h1-7,10H,(H,13,14). The number of carboxylic acids is 1. The highest BCUT2D eigenvalue weighted by molar-refractivity contribution is 5.85. The van der Waals surface area contributed by atoms with E-state index in [1.54, 1.807) is 18.3 Å². The Balaban J connectivity index is 2.40. The molecule has 4 heteroatoms. The van der Waals surface area contributed by atoms with E-state index < -0.39 is 12.1 Å². The van der Waals surface area contributed by atoms with Crippen LogP contribution < -0.4 is 4.74 Å². The van der Waals surface area contributed by atoms with Crippen molar-refractivity contribution in [2.75, 3.05) is 0 Å². The van der Waals surface area contributed by atoms with Gasteiger partial charge in [0.25, 0.3) is 0 Å². The lowest BCUT2D eigenvalue weighted by molar-refractivity contribution is -0.142. The lowest BCUT2D eigenvalue weighted by Gasteiger charge is -2.14. The Bertz CT molecular complexity index is 437. The quantitative estimate of drug-likeness (QED) is 0.751. The normalized spacial score (nSPS) is 18.5. The fourth-order valence-electron chi connectivity index (χ4n) is 1.25. The Morgan fingerprint density at radius 1 is 1.40 bits per heavy atom. The third kappa shape index (κ3) is 2.04. The number of hydrogen-bond acceptors (Lipinski definition) is 3. The van der Waals surface area contributed by atoms with Gasteiger partial charge in [0.05, 0.1) is 0 Å². The fourth-order valence-corrected chi connectivity index (χ4v) is 1.25. The van der Waals surface area contributed by atoms with Crippen LogP contribution in [0.15, 0.2) is 41.5 Å². The topological polar surface area (TPSA) is 58.9 Å².